The van der Waals surface area contributed by atoms with E-state index in [1.54, 1.807) is 31.2 Å². The summed E-state index contributed by atoms with van der Waals surface area (Å²) in [4.78, 5) is 38.8. The molecular formula is C17H15NO4S. The maximum atomic E-state index is 12.1. The Morgan fingerprint density at radius 3 is 2.57 bits per heavy atom. The van der Waals surface area contributed by atoms with Gasteiger partial charge in [0.2, 0.25) is 5.12 Å². The van der Waals surface area contributed by atoms with E-state index in [4.69, 9.17) is 4.74 Å². The molecule has 2 rings (SSSR count). The quantitative estimate of drug-likeness (QED) is 0.619. The molecule has 2 aromatic rings. The lowest BCUT2D eigenvalue weighted by Gasteiger charge is -2.11. The number of esters is 1. The summed E-state index contributed by atoms with van der Waals surface area (Å²) in [6.45, 7) is 2.91. The highest BCUT2D eigenvalue weighted by Gasteiger charge is 2.16. The van der Waals surface area contributed by atoms with Gasteiger partial charge in [-0.1, -0.05) is 42.1 Å². The predicted octanol–water partition coefficient (Wildman–Crippen LogP) is 3.20. The highest BCUT2D eigenvalue weighted by atomic mass is 32.2. The molecule has 1 aromatic heterocycles. The molecule has 0 aliphatic heterocycles. The fourth-order valence-electron chi connectivity index (χ4n) is 1.96. The van der Waals surface area contributed by atoms with E-state index >= 15 is 0 Å². The van der Waals surface area contributed by atoms with Crippen LogP contribution in [0, 0.1) is 6.92 Å². The summed E-state index contributed by atoms with van der Waals surface area (Å²) in [5.74, 6) is -0.107. The number of hydrogen-bond acceptors (Lipinski definition) is 6. The summed E-state index contributed by atoms with van der Waals surface area (Å²) in [6, 6.07) is 8.87. The van der Waals surface area contributed by atoms with Gasteiger partial charge in [-0.3, -0.25) is 19.4 Å². The van der Waals surface area contributed by atoms with Crippen molar-refractivity contribution in [2.24, 2.45) is 0 Å². The van der Waals surface area contributed by atoms with Crippen molar-refractivity contribution < 1.29 is 19.1 Å². The zero-order chi connectivity index (χ0) is 16.8. The van der Waals surface area contributed by atoms with Crippen LogP contribution in [0.4, 0.5) is 0 Å². The molecule has 0 radical (unpaired) electrons. The Labute approximate surface area is 138 Å². The smallest absolute Gasteiger partial charge is 0.308 e. The number of aldehydes is 1. The molecule has 0 aliphatic rings. The molecule has 23 heavy (non-hydrogen) atoms. The third-order valence-corrected chi connectivity index (χ3v) is 4.02. The van der Waals surface area contributed by atoms with Crippen LogP contribution >= 0.6 is 11.8 Å². The number of benzene rings is 1. The van der Waals surface area contributed by atoms with E-state index in [-0.39, 0.29) is 22.2 Å². The van der Waals surface area contributed by atoms with Gasteiger partial charge in [0.25, 0.3) is 0 Å². The van der Waals surface area contributed by atoms with Crippen LogP contribution in [0.1, 0.15) is 38.9 Å². The van der Waals surface area contributed by atoms with Crippen LogP contribution in [0.5, 0.6) is 5.75 Å². The van der Waals surface area contributed by atoms with Crippen molar-refractivity contribution in [1.29, 1.82) is 0 Å². The van der Waals surface area contributed by atoms with E-state index in [2.05, 4.69) is 4.98 Å². The average Bonchev–Trinajstić information content (AvgIpc) is 2.55. The molecule has 0 spiro atoms. The Bertz CT molecular complexity index is 744. The lowest BCUT2D eigenvalue weighted by Crippen LogP contribution is -2.08. The zero-order valence-corrected chi connectivity index (χ0v) is 13.6. The summed E-state index contributed by atoms with van der Waals surface area (Å²) in [6.07, 6.45) is 2.15. The van der Waals surface area contributed by atoms with E-state index in [1.165, 1.54) is 13.1 Å². The highest BCUT2D eigenvalue weighted by Crippen LogP contribution is 2.27. The lowest BCUT2D eigenvalue weighted by atomic mass is 10.1. The largest absolute Gasteiger partial charge is 0.424 e. The van der Waals surface area contributed by atoms with Crippen LogP contribution in [0.3, 0.4) is 0 Å². The number of pyridine rings is 1. The fourth-order valence-corrected chi connectivity index (χ4v) is 2.78. The number of nitrogens with zero attached hydrogens (tertiary/aromatic N) is 1. The van der Waals surface area contributed by atoms with Gasteiger partial charge in [-0.25, -0.2) is 0 Å². The van der Waals surface area contributed by atoms with Crippen molar-refractivity contribution in [3.05, 3.63) is 58.9 Å². The maximum absolute atomic E-state index is 12.1. The highest BCUT2D eigenvalue weighted by molar-refractivity contribution is 8.13. The van der Waals surface area contributed by atoms with E-state index in [0.29, 0.717) is 23.1 Å². The molecule has 0 N–H and O–H groups in total. The van der Waals surface area contributed by atoms with Gasteiger partial charge in [0.15, 0.2) is 12.0 Å². The standard InChI is InChI=1S/C17H15NO4S/c1-11-16(22-12(2)20)15(9-19)14(8-18-11)10-23-17(21)13-6-4-3-5-7-13/h3-9H,10H2,1-2H3. The number of ether oxygens (including phenoxy) is 1. The normalized spacial score (nSPS) is 10.2. The van der Waals surface area contributed by atoms with Crippen LogP contribution in [0.25, 0.3) is 0 Å². The minimum Gasteiger partial charge on any atom is -0.424 e. The Kier molecular flexibility index (Phi) is 5.65. The Balaban J connectivity index is 2.21. The number of rotatable bonds is 5. The first-order chi connectivity index (χ1) is 11.0. The molecule has 5 nitrogen and oxygen atoms in total. The molecule has 0 bridgehead atoms. The first kappa shape index (κ1) is 16.9. The summed E-state index contributed by atoms with van der Waals surface area (Å²) in [5.41, 5.74) is 1.84. The van der Waals surface area contributed by atoms with Gasteiger partial charge in [0, 0.05) is 24.4 Å². The topological polar surface area (TPSA) is 73.3 Å². The lowest BCUT2D eigenvalue weighted by molar-refractivity contribution is -0.131. The van der Waals surface area contributed by atoms with E-state index < -0.39 is 5.97 Å². The average molecular weight is 329 g/mol. The van der Waals surface area contributed by atoms with Gasteiger partial charge in [-0.05, 0) is 12.5 Å². The monoisotopic (exact) mass is 329 g/mol. The molecule has 0 atom stereocenters. The third-order valence-electron chi connectivity index (χ3n) is 3.07. The molecule has 118 valence electrons. The maximum Gasteiger partial charge on any atom is 0.308 e. The Morgan fingerprint density at radius 2 is 1.96 bits per heavy atom. The molecule has 0 fully saturated rings. The Hall–Kier alpha value is -2.47. The second-order valence-corrected chi connectivity index (χ2v) is 5.71. The predicted molar refractivity (Wildman–Crippen MR) is 87.7 cm³/mol. The SMILES string of the molecule is CC(=O)Oc1c(C)ncc(CSC(=O)c2ccccc2)c1C=O. The summed E-state index contributed by atoms with van der Waals surface area (Å²) >= 11 is 1.07. The van der Waals surface area contributed by atoms with Gasteiger partial charge >= 0.3 is 5.97 Å². The molecule has 0 amide bonds. The molecule has 0 saturated carbocycles. The number of aromatic nitrogens is 1. The van der Waals surface area contributed by atoms with Crippen molar-refractivity contribution in [2.45, 2.75) is 19.6 Å². The molecular weight excluding hydrogens is 314 g/mol. The van der Waals surface area contributed by atoms with Crippen LogP contribution in [0.15, 0.2) is 36.5 Å². The molecule has 1 aromatic carbocycles. The van der Waals surface area contributed by atoms with Crippen LogP contribution < -0.4 is 4.74 Å². The molecule has 0 aliphatic carbocycles. The van der Waals surface area contributed by atoms with Gasteiger partial charge in [0.05, 0.1) is 11.3 Å². The summed E-state index contributed by atoms with van der Waals surface area (Å²) in [5, 5.41) is -0.0999. The van der Waals surface area contributed by atoms with Gasteiger partial charge in [-0.2, -0.15) is 0 Å². The van der Waals surface area contributed by atoms with E-state index in [9.17, 15) is 14.4 Å². The number of carbonyl (C=O) groups is 3. The van der Waals surface area contributed by atoms with Crippen molar-refractivity contribution in [3.8, 4) is 5.75 Å². The molecule has 0 saturated heterocycles. The van der Waals surface area contributed by atoms with Gasteiger partial charge < -0.3 is 4.74 Å². The van der Waals surface area contributed by atoms with Crippen LogP contribution in [-0.4, -0.2) is 22.4 Å². The second-order valence-electron chi connectivity index (χ2n) is 4.77. The zero-order valence-electron chi connectivity index (χ0n) is 12.7. The molecule has 0 unspecified atom stereocenters. The van der Waals surface area contributed by atoms with Crippen molar-refractivity contribution in [2.75, 3.05) is 0 Å². The van der Waals surface area contributed by atoms with Crippen molar-refractivity contribution in [1.82, 2.24) is 4.98 Å². The van der Waals surface area contributed by atoms with Crippen molar-refractivity contribution in [3.63, 3.8) is 0 Å². The summed E-state index contributed by atoms with van der Waals surface area (Å²) < 4.78 is 5.07. The van der Waals surface area contributed by atoms with E-state index in [1.807, 2.05) is 6.07 Å². The molecule has 6 heteroatoms. The molecule has 1 heterocycles. The minimum absolute atomic E-state index is 0.0999. The third kappa shape index (κ3) is 4.26. The Morgan fingerprint density at radius 1 is 1.26 bits per heavy atom. The first-order valence-electron chi connectivity index (χ1n) is 6.87. The number of hydrogen-bond donors (Lipinski definition) is 0. The van der Waals surface area contributed by atoms with E-state index in [0.717, 1.165) is 11.8 Å². The first-order valence-corrected chi connectivity index (χ1v) is 7.85. The minimum atomic E-state index is -0.525. The fraction of sp³-hybridized carbons (Fsp3) is 0.176. The number of carbonyl (C=O) groups excluding carboxylic acids is 3. The van der Waals surface area contributed by atoms with Gasteiger partial charge in [0.1, 0.15) is 0 Å². The summed E-state index contributed by atoms with van der Waals surface area (Å²) in [7, 11) is 0. The van der Waals surface area contributed by atoms with Crippen LogP contribution in [-0.2, 0) is 10.5 Å². The number of thioether (sulfide) groups is 1. The number of aryl methyl sites for hydroxylation is 1. The van der Waals surface area contributed by atoms with Gasteiger partial charge in [-0.15, -0.1) is 0 Å². The second kappa shape index (κ2) is 7.69. The van der Waals surface area contributed by atoms with Crippen LogP contribution in [0.2, 0.25) is 0 Å². The van der Waals surface area contributed by atoms with Crippen molar-refractivity contribution >= 4 is 29.1 Å².